The Labute approximate surface area is 89.7 Å². The van der Waals surface area contributed by atoms with Gasteiger partial charge in [-0.25, -0.2) is 0 Å². The van der Waals surface area contributed by atoms with Crippen molar-refractivity contribution in [3.05, 3.63) is 45.3 Å². The molecule has 0 radical (unpaired) electrons. The van der Waals surface area contributed by atoms with Crippen LogP contribution in [0.3, 0.4) is 0 Å². The minimum atomic E-state index is -0.782. The molecule has 15 heavy (non-hydrogen) atoms. The first-order valence-electron chi connectivity index (χ1n) is 4.21. The molecule has 0 aliphatic carbocycles. The quantitative estimate of drug-likeness (QED) is 0.763. The lowest BCUT2D eigenvalue weighted by Gasteiger charge is -2.03. The fourth-order valence-corrected chi connectivity index (χ4v) is 1.77. The van der Waals surface area contributed by atoms with Crippen LogP contribution in [-0.4, -0.2) is 10.9 Å². The molecule has 0 saturated heterocycles. The summed E-state index contributed by atoms with van der Waals surface area (Å²) in [6.07, 6.45) is 1.50. The van der Waals surface area contributed by atoms with Crippen molar-refractivity contribution in [2.75, 3.05) is 0 Å². The number of nitrogens with two attached hydrogens (primary N) is 1. The Morgan fingerprint density at radius 2 is 2.13 bits per heavy atom. The van der Waals surface area contributed by atoms with E-state index in [1.165, 1.54) is 6.20 Å². The zero-order valence-corrected chi connectivity index (χ0v) is 8.34. The van der Waals surface area contributed by atoms with E-state index in [0.29, 0.717) is 15.8 Å². The van der Waals surface area contributed by atoms with Crippen molar-refractivity contribution in [1.82, 2.24) is 4.98 Å². The number of aromatic amines is 1. The first kappa shape index (κ1) is 9.73. The summed E-state index contributed by atoms with van der Waals surface area (Å²) >= 11 is 5.92. The average molecular weight is 223 g/mol. The molecule has 1 amide bonds. The number of benzene rings is 1. The number of carbonyl (C=O) groups excluding carboxylic acids is 1. The summed E-state index contributed by atoms with van der Waals surface area (Å²) in [5.74, 6) is -0.782. The van der Waals surface area contributed by atoms with Gasteiger partial charge in [-0.05, 0) is 6.07 Å². The van der Waals surface area contributed by atoms with Gasteiger partial charge in [-0.2, -0.15) is 0 Å². The van der Waals surface area contributed by atoms with Crippen molar-refractivity contribution in [1.29, 1.82) is 0 Å². The van der Waals surface area contributed by atoms with Crippen molar-refractivity contribution < 1.29 is 4.79 Å². The molecule has 1 aromatic carbocycles. The Morgan fingerprint density at radius 1 is 1.40 bits per heavy atom. The van der Waals surface area contributed by atoms with Crippen LogP contribution in [0.4, 0.5) is 0 Å². The molecule has 0 spiro atoms. The highest BCUT2D eigenvalue weighted by atomic mass is 35.5. The van der Waals surface area contributed by atoms with Crippen LogP contribution < -0.4 is 11.3 Å². The summed E-state index contributed by atoms with van der Waals surface area (Å²) < 4.78 is 0. The third-order valence-electron chi connectivity index (χ3n) is 2.13. The number of H-pyrrole nitrogens is 1. The molecule has 4 nitrogen and oxygen atoms in total. The molecule has 0 saturated carbocycles. The van der Waals surface area contributed by atoms with Crippen LogP contribution in [0, 0.1) is 0 Å². The van der Waals surface area contributed by atoms with Crippen LogP contribution >= 0.6 is 11.6 Å². The fourth-order valence-electron chi connectivity index (χ4n) is 1.49. The van der Waals surface area contributed by atoms with Gasteiger partial charge in [-0.3, -0.25) is 9.59 Å². The van der Waals surface area contributed by atoms with Gasteiger partial charge < -0.3 is 10.7 Å². The van der Waals surface area contributed by atoms with Gasteiger partial charge in [-0.1, -0.05) is 23.7 Å². The number of pyridine rings is 1. The van der Waals surface area contributed by atoms with E-state index in [2.05, 4.69) is 4.98 Å². The summed E-state index contributed by atoms with van der Waals surface area (Å²) in [7, 11) is 0. The first-order valence-corrected chi connectivity index (χ1v) is 4.59. The number of fused-ring (bicyclic) bond motifs is 1. The zero-order valence-electron chi connectivity index (χ0n) is 7.58. The molecule has 2 aromatic rings. The van der Waals surface area contributed by atoms with E-state index >= 15 is 0 Å². The summed E-state index contributed by atoms with van der Waals surface area (Å²) in [6.45, 7) is 0. The lowest BCUT2D eigenvalue weighted by Crippen LogP contribution is -2.23. The smallest absolute Gasteiger partial charge is 0.261 e. The summed E-state index contributed by atoms with van der Waals surface area (Å²) in [6, 6.07) is 5.08. The molecule has 1 heterocycles. The summed E-state index contributed by atoms with van der Waals surface area (Å²) in [5, 5.41) is 1.42. The highest BCUT2D eigenvalue weighted by Crippen LogP contribution is 2.23. The Bertz CT molecular complexity index is 604. The van der Waals surface area contributed by atoms with E-state index in [1.807, 2.05) is 0 Å². The van der Waals surface area contributed by atoms with Crippen LogP contribution in [0.1, 0.15) is 10.4 Å². The molecule has 5 heteroatoms. The van der Waals surface area contributed by atoms with E-state index in [0.717, 1.165) is 0 Å². The molecular formula is C10H7ClN2O2. The number of hydrogen-bond acceptors (Lipinski definition) is 2. The lowest BCUT2D eigenvalue weighted by molar-refractivity contribution is 0.100. The number of amides is 1. The summed E-state index contributed by atoms with van der Waals surface area (Å²) in [4.78, 5) is 25.0. The van der Waals surface area contributed by atoms with Gasteiger partial charge in [0.2, 0.25) is 0 Å². The third kappa shape index (κ3) is 1.49. The molecule has 0 aliphatic heterocycles. The van der Waals surface area contributed by atoms with Crippen molar-refractivity contribution in [2.45, 2.75) is 0 Å². The maximum atomic E-state index is 11.4. The molecule has 0 unspecified atom stereocenters. The van der Waals surface area contributed by atoms with E-state index in [9.17, 15) is 9.59 Å². The molecular weight excluding hydrogens is 216 g/mol. The number of primary amides is 1. The minimum Gasteiger partial charge on any atom is -0.365 e. The second-order valence-corrected chi connectivity index (χ2v) is 3.47. The zero-order chi connectivity index (χ0) is 11.0. The Kier molecular flexibility index (Phi) is 2.21. The monoisotopic (exact) mass is 222 g/mol. The Balaban J connectivity index is 3.04. The normalized spacial score (nSPS) is 10.5. The SMILES string of the molecule is NC(=O)c1c(=O)[nH]cc2cccc(Cl)c12. The number of halogens is 1. The predicted octanol–water partition coefficient (Wildman–Crippen LogP) is 1.28. The largest absolute Gasteiger partial charge is 0.365 e. The highest BCUT2D eigenvalue weighted by molar-refractivity contribution is 6.36. The van der Waals surface area contributed by atoms with E-state index in [-0.39, 0.29) is 5.56 Å². The van der Waals surface area contributed by atoms with Gasteiger partial charge >= 0.3 is 0 Å². The van der Waals surface area contributed by atoms with Gasteiger partial charge in [0.25, 0.3) is 11.5 Å². The number of hydrogen-bond donors (Lipinski definition) is 2. The van der Waals surface area contributed by atoms with E-state index < -0.39 is 11.5 Å². The van der Waals surface area contributed by atoms with Crippen molar-refractivity contribution >= 4 is 28.3 Å². The van der Waals surface area contributed by atoms with Crippen LogP contribution in [0.2, 0.25) is 5.02 Å². The number of carbonyl (C=O) groups is 1. The topological polar surface area (TPSA) is 76.0 Å². The van der Waals surface area contributed by atoms with E-state index in [4.69, 9.17) is 17.3 Å². The second-order valence-electron chi connectivity index (χ2n) is 3.06. The maximum absolute atomic E-state index is 11.4. The van der Waals surface area contributed by atoms with Crippen molar-refractivity contribution in [3.8, 4) is 0 Å². The molecule has 0 atom stereocenters. The molecule has 76 valence electrons. The lowest BCUT2D eigenvalue weighted by atomic mass is 10.1. The molecule has 1 aromatic heterocycles. The average Bonchev–Trinajstić information content (AvgIpc) is 2.18. The fraction of sp³-hybridized carbons (Fsp3) is 0. The van der Waals surface area contributed by atoms with Crippen LogP contribution in [0.25, 0.3) is 10.8 Å². The maximum Gasteiger partial charge on any atom is 0.261 e. The third-order valence-corrected chi connectivity index (χ3v) is 2.44. The number of rotatable bonds is 1. The first-order chi connectivity index (χ1) is 7.11. The van der Waals surface area contributed by atoms with Gasteiger partial charge in [-0.15, -0.1) is 0 Å². The molecule has 2 rings (SSSR count). The second kappa shape index (κ2) is 3.40. The number of nitrogens with one attached hydrogen (secondary N) is 1. The van der Waals surface area contributed by atoms with Gasteiger partial charge in [0.1, 0.15) is 5.56 Å². The molecule has 0 fully saturated rings. The standard InChI is InChI=1S/C10H7ClN2O2/c11-6-3-1-2-5-4-13-10(15)8(7(5)6)9(12)14/h1-4H,(H2,12,14)(H,13,15). The van der Waals surface area contributed by atoms with Crippen molar-refractivity contribution in [2.24, 2.45) is 5.73 Å². The highest BCUT2D eigenvalue weighted by Gasteiger charge is 2.13. The predicted molar refractivity (Wildman–Crippen MR) is 58.1 cm³/mol. The Morgan fingerprint density at radius 3 is 2.80 bits per heavy atom. The van der Waals surface area contributed by atoms with Crippen LogP contribution in [0.15, 0.2) is 29.2 Å². The van der Waals surface area contributed by atoms with E-state index in [1.54, 1.807) is 18.2 Å². The van der Waals surface area contributed by atoms with Gasteiger partial charge in [0, 0.05) is 22.0 Å². The molecule has 3 N–H and O–H groups in total. The minimum absolute atomic E-state index is 0.0990. The molecule has 0 aliphatic rings. The van der Waals surface area contributed by atoms with Crippen LogP contribution in [0.5, 0.6) is 0 Å². The van der Waals surface area contributed by atoms with Crippen molar-refractivity contribution in [3.63, 3.8) is 0 Å². The van der Waals surface area contributed by atoms with Gasteiger partial charge in [0.05, 0.1) is 0 Å². The molecule has 0 bridgehead atoms. The van der Waals surface area contributed by atoms with Crippen LogP contribution in [-0.2, 0) is 0 Å². The van der Waals surface area contributed by atoms with Gasteiger partial charge in [0.15, 0.2) is 0 Å². The number of aromatic nitrogens is 1. The summed E-state index contributed by atoms with van der Waals surface area (Å²) in [5.41, 5.74) is 4.51. The Hall–Kier alpha value is -1.81.